The van der Waals surface area contributed by atoms with Crippen molar-refractivity contribution >= 4 is 11.6 Å². The Kier molecular flexibility index (Phi) is 6.28. The minimum Gasteiger partial charge on any atom is -0.491 e. The Balaban J connectivity index is 1.59. The molecule has 2 amide bonds. The highest BCUT2D eigenvalue weighted by atomic mass is 19.3. The largest absolute Gasteiger partial charge is 0.491 e. The van der Waals surface area contributed by atoms with Crippen LogP contribution in [0, 0.1) is 0 Å². The number of benzene rings is 2. The number of carbonyl (C=O) groups is 1. The predicted molar refractivity (Wildman–Crippen MR) is 130 cm³/mol. The van der Waals surface area contributed by atoms with E-state index < -0.39 is 6.43 Å². The third-order valence-electron chi connectivity index (χ3n) is 6.67. The van der Waals surface area contributed by atoms with Gasteiger partial charge in [0.25, 0.3) is 6.43 Å². The number of ether oxygens (including phenoxy) is 1. The lowest BCUT2D eigenvalue weighted by Crippen LogP contribution is -2.38. The van der Waals surface area contributed by atoms with Crippen LogP contribution in [0.2, 0.25) is 0 Å². The molecule has 0 atom stereocenters. The van der Waals surface area contributed by atoms with E-state index >= 15 is 0 Å². The van der Waals surface area contributed by atoms with Crippen molar-refractivity contribution in [3.8, 4) is 16.9 Å². The molecular weight excluding hydrogens is 450 g/mol. The van der Waals surface area contributed by atoms with Gasteiger partial charge in [0.05, 0.1) is 19.3 Å². The van der Waals surface area contributed by atoms with E-state index in [4.69, 9.17) is 4.74 Å². The molecule has 6 nitrogen and oxygen atoms in total. The Morgan fingerprint density at radius 1 is 1.14 bits per heavy atom. The van der Waals surface area contributed by atoms with Gasteiger partial charge in [0.2, 0.25) is 0 Å². The zero-order valence-electron chi connectivity index (χ0n) is 19.9. The molecule has 0 bridgehead atoms. The number of fused-ring (bicyclic) bond motifs is 2. The summed E-state index contributed by atoms with van der Waals surface area (Å²) >= 11 is 0. The van der Waals surface area contributed by atoms with Crippen LogP contribution in [0.3, 0.4) is 0 Å². The molecule has 0 saturated carbocycles. The molecule has 8 heteroatoms. The van der Waals surface area contributed by atoms with E-state index in [1.807, 2.05) is 24.3 Å². The first-order valence-electron chi connectivity index (χ1n) is 11.8. The highest BCUT2D eigenvalue weighted by Crippen LogP contribution is 2.40. The summed E-state index contributed by atoms with van der Waals surface area (Å²) in [6.45, 7) is 1.33. The quantitative estimate of drug-likeness (QED) is 0.554. The fourth-order valence-corrected chi connectivity index (χ4v) is 4.93. The molecule has 1 aliphatic carbocycles. The van der Waals surface area contributed by atoms with E-state index in [9.17, 15) is 13.6 Å². The number of carbonyl (C=O) groups excluding carboxylic acids is 1. The number of amides is 2. The van der Waals surface area contributed by atoms with Crippen LogP contribution in [-0.2, 0) is 20.0 Å². The molecule has 1 N–H and O–H groups in total. The van der Waals surface area contributed by atoms with Crippen LogP contribution >= 0.6 is 0 Å². The van der Waals surface area contributed by atoms with Crippen LogP contribution in [0.15, 0.2) is 48.8 Å². The van der Waals surface area contributed by atoms with E-state index in [-0.39, 0.29) is 11.6 Å². The number of aryl methyl sites for hydroxylation is 2. The Morgan fingerprint density at radius 2 is 2.00 bits per heavy atom. The molecule has 0 fully saturated rings. The lowest BCUT2D eigenvalue weighted by molar-refractivity contribution is 0.152. The lowest BCUT2D eigenvalue weighted by Gasteiger charge is -2.20. The van der Waals surface area contributed by atoms with Gasteiger partial charge in [0.1, 0.15) is 12.4 Å². The van der Waals surface area contributed by atoms with Crippen molar-refractivity contribution in [3.63, 3.8) is 0 Å². The van der Waals surface area contributed by atoms with Crippen LogP contribution in [0.4, 0.5) is 13.6 Å². The number of hydrogen-bond acceptors (Lipinski definition) is 3. The molecular formula is C27H28F2N4O2. The number of aromatic nitrogens is 2. The first-order chi connectivity index (χ1) is 16.9. The molecule has 2 aromatic carbocycles. The fraction of sp³-hybridized carbons (Fsp3) is 0.333. The van der Waals surface area contributed by atoms with Crippen molar-refractivity contribution in [2.24, 2.45) is 7.05 Å². The topological polar surface area (TPSA) is 59.4 Å². The maximum Gasteiger partial charge on any atom is 0.317 e. The van der Waals surface area contributed by atoms with Crippen molar-refractivity contribution in [2.45, 2.75) is 32.2 Å². The summed E-state index contributed by atoms with van der Waals surface area (Å²) in [4.78, 5) is 14.0. The minimum atomic E-state index is -2.61. The number of alkyl halides is 2. The predicted octanol–water partition coefficient (Wildman–Crippen LogP) is 5.33. The first kappa shape index (κ1) is 23.1. The number of urea groups is 1. The van der Waals surface area contributed by atoms with Gasteiger partial charge < -0.3 is 15.0 Å². The SMILES string of the molecule is CNC(=O)N1CCOc2ccc(C3=CCCCc4cc(-c5cnn(C)c5)c(C(F)F)cc43)cc2C1. The molecule has 3 aromatic rings. The molecule has 0 radical (unpaired) electrons. The van der Waals surface area contributed by atoms with Crippen LogP contribution < -0.4 is 10.1 Å². The lowest BCUT2D eigenvalue weighted by atomic mass is 9.88. The molecule has 2 aliphatic rings. The average Bonchev–Trinajstić information content (AvgIpc) is 3.05. The van der Waals surface area contributed by atoms with Gasteiger partial charge in [-0.1, -0.05) is 12.1 Å². The molecule has 0 saturated heterocycles. The van der Waals surface area contributed by atoms with Gasteiger partial charge in [-0.3, -0.25) is 4.68 Å². The molecule has 1 aromatic heterocycles. The van der Waals surface area contributed by atoms with Gasteiger partial charge in [0.15, 0.2) is 0 Å². The van der Waals surface area contributed by atoms with Gasteiger partial charge in [-0.05, 0) is 71.4 Å². The van der Waals surface area contributed by atoms with E-state index in [1.165, 1.54) is 0 Å². The second-order valence-electron chi connectivity index (χ2n) is 8.96. The van der Waals surface area contributed by atoms with Crippen molar-refractivity contribution in [3.05, 3.63) is 76.6 Å². The first-order valence-corrected chi connectivity index (χ1v) is 11.8. The summed E-state index contributed by atoms with van der Waals surface area (Å²) in [6.07, 6.45) is 5.54. The van der Waals surface area contributed by atoms with Crippen LogP contribution in [-0.4, -0.2) is 40.9 Å². The number of hydrogen-bond donors (Lipinski definition) is 1. The second-order valence-corrected chi connectivity index (χ2v) is 8.96. The molecule has 0 unspecified atom stereocenters. The van der Waals surface area contributed by atoms with Crippen LogP contribution in [0.25, 0.3) is 16.7 Å². The van der Waals surface area contributed by atoms with E-state index in [0.717, 1.165) is 52.8 Å². The zero-order chi connectivity index (χ0) is 24.5. The van der Waals surface area contributed by atoms with Crippen LogP contribution in [0.5, 0.6) is 5.75 Å². The van der Waals surface area contributed by atoms with Gasteiger partial charge in [0, 0.05) is 37.0 Å². The van der Waals surface area contributed by atoms with Crippen LogP contribution in [0.1, 0.15) is 47.1 Å². The smallest absolute Gasteiger partial charge is 0.317 e. The van der Waals surface area contributed by atoms with Crippen molar-refractivity contribution in [2.75, 3.05) is 20.2 Å². The third kappa shape index (κ3) is 4.52. The highest BCUT2D eigenvalue weighted by Gasteiger charge is 2.24. The number of rotatable bonds is 3. The third-order valence-corrected chi connectivity index (χ3v) is 6.67. The Labute approximate surface area is 203 Å². The van der Waals surface area contributed by atoms with E-state index in [1.54, 1.807) is 42.1 Å². The molecule has 182 valence electrons. The fourth-order valence-electron chi connectivity index (χ4n) is 4.93. The van der Waals surface area contributed by atoms with Gasteiger partial charge in [-0.25, -0.2) is 13.6 Å². The van der Waals surface area contributed by atoms with Crippen molar-refractivity contribution in [1.29, 1.82) is 0 Å². The second kappa shape index (κ2) is 9.52. The Morgan fingerprint density at radius 3 is 2.74 bits per heavy atom. The molecule has 35 heavy (non-hydrogen) atoms. The Bertz CT molecular complexity index is 1300. The summed E-state index contributed by atoms with van der Waals surface area (Å²) in [5, 5.41) is 6.85. The van der Waals surface area contributed by atoms with Gasteiger partial charge in [-0.15, -0.1) is 0 Å². The van der Waals surface area contributed by atoms with E-state index in [0.29, 0.717) is 30.8 Å². The molecule has 5 rings (SSSR count). The highest BCUT2D eigenvalue weighted by molar-refractivity contribution is 5.85. The molecule has 1 aliphatic heterocycles. The standard InChI is InChI=1S/C27H28F2N4O2/c1-30-27(34)33-9-10-35-25-8-7-18(11-19(25)16-33)21-6-4-3-5-17-12-22(20-14-31-32(2)15-20)24(26(28)29)13-23(17)21/h6-8,11-15,26H,3-5,9-10,16H2,1-2H3,(H,30,34). The number of allylic oxidation sites excluding steroid dienone is 1. The Hall–Kier alpha value is -3.68. The number of nitrogens with zero attached hydrogens (tertiary/aromatic N) is 3. The summed E-state index contributed by atoms with van der Waals surface area (Å²) in [5.41, 5.74) is 5.89. The van der Waals surface area contributed by atoms with Crippen molar-refractivity contribution < 1.29 is 18.3 Å². The number of nitrogens with one attached hydrogen (secondary N) is 1. The summed E-state index contributed by atoms with van der Waals surface area (Å²) < 4.78 is 36.0. The summed E-state index contributed by atoms with van der Waals surface area (Å²) in [5.74, 6) is 0.745. The average molecular weight is 479 g/mol. The van der Waals surface area contributed by atoms with Crippen molar-refractivity contribution in [1.82, 2.24) is 20.0 Å². The summed E-state index contributed by atoms with van der Waals surface area (Å²) in [6, 6.07) is 9.32. The monoisotopic (exact) mass is 478 g/mol. The minimum absolute atomic E-state index is 0.00781. The normalized spacial score (nSPS) is 15.5. The van der Waals surface area contributed by atoms with Gasteiger partial charge >= 0.3 is 6.03 Å². The number of halogens is 2. The van der Waals surface area contributed by atoms with Gasteiger partial charge in [-0.2, -0.15) is 5.10 Å². The molecule has 2 heterocycles. The zero-order valence-corrected chi connectivity index (χ0v) is 19.9. The summed E-state index contributed by atoms with van der Waals surface area (Å²) in [7, 11) is 3.39. The maximum atomic E-state index is 14.2. The maximum absolute atomic E-state index is 14.2. The molecule has 0 spiro atoms. The van der Waals surface area contributed by atoms with E-state index in [2.05, 4.69) is 16.5 Å².